The van der Waals surface area contributed by atoms with Crippen molar-refractivity contribution in [3.8, 4) is 34.4 Å². The standard InChI is InChI=1S/C28H26FN5O4/c1-28(26(35)31-19-11-12-19)15-36-25(37-16-28)24-33-22(17-7-9-18(29)10-8-17)23(34-24)21-13-14-30-27(32-21)38-20-5-3-2-4-6-20/h2-10,13-14,19,25H,11-12,15-16H2,1H3,(H,31,35)(H,33,34). The highest BCUT2D eigenvalue weighted by Crippen LogP contribution is 2.36. The average molecular weight is 516 g/mol. The fourth-order valence-corrected chi connectivity index (χ4v) is 4.11. The van der Waals surface area contributed by atoms with Crippen LogP contribution in [-0.4, -0.2) is 45.1 Å². The van der Waals surface area contributed by atoms with Crippen molar-refractivity contribution in [2.45, 2.75) is 32.1 Å². The lowest BCUT2D eigenvalue weighted by Gasteiger charge is -2.35. The van der Waals surface area contributed by atoms with Gasteiger partial charge in [0.2, 0.25) is 12.2 Å². The van der Waals surface area contributed by atoms with Gasteiger partial charge in [0, 0.05) is 17.8 Å². The molecule has 194 valence electrons. The molecule has 2 aliphatic rings. The van der Waals surface area contributed by atoms with Gasteiger partial charge in [0.1, 0.15) is 11.6 Å². The number of nitrogens with zero attached hydrogens (tertiary/aromatic N) is 3. The first kappa shape index (κ1) is 24.2. The number of aromatic amines is 1. The van der Waals surface area contributed by atoms with Gasteiger partial charge in [-0.25, -0.2) is 14.4 Å². The van der Waals surface area contributed by atoms with Gasteiger partial charge < -0.3 is 24.5 Å². The Morgan fingerprint density at radius 1 is 1.05 bits per heavy atom. The van der Waals surface area contributed by atoms with E-state index in [2.05, 4.69) is 20.3 Å². The molecule has 10 heteroatoms. The third-order valence-electron chi connectivity index (χ3n) is 6.47. The fourth-order valence-electron chi connectivity index (χ4n) is 4.11. The summed E-state index contributed by atoms with van der Waals surface area (Å²) in [7, 11) is 0. The van der Waals surface area contributed by atoms with Crippen LogP contribution < -0.4 is 10.1 Å². The highest BCUT2D eigenvalue weighted by Gasteiger charge is 2.42. The van der Waals surface area contributed by atoms with E-state index in [0.717, 1.165) is 12.8 Å². The SMILES string of the molecule is CC1(C(=O)NC2CC2)COC(c2nc(-c3ccc(F)cc3)c(-c3ccnc(Oc4ccccc4)n3)[nH]2)OC1. The Kier molecular flexibility index (Phi) is 6.34. The number of aromatic nitrogens is 4. The Hall–Kier alpha value is -4.15. The minimum Gasteiger partial charge on any atom is -0.424 e. The van der Waals surface area contributed by atoms with Crippen molar-refractivity contribution in [3.63, 3.8) is 0 Å². The van der Waals surface area contributed by atoms with E-state index in [1.807, 2.05) is 37.3 Å². The number of H-pyrrole nitrogens is 1. The van der Waals surface area contributed by atoms with Crippen molar-refractivity contribution in [2.24, 2.45) is 5.41 Å². The molecule has 38 heavy (non-hydrogen) atoms. The molecule has 1 aliphatic heterocycles. The van der Waals surface area contributed by atoms with Crippen molar-refractivity contribution in [1.82, 2.24) is 25.3 Å². The minimum absolute atomic E-state index is 0.0717. The normalized spacial score (nSPS) is 21.2. The maximum atomic E-state index is 13.7. The van der Waals surface area contributed by atoms with Gasteiger partial charge in [0.25, 0.3) is 0 Å². The zero-order valence-electron chi connectivity index (χ0n) is 20.7. The lowest BCUT2D eigenvalue weighted by atomic mass is 9.91. The van der Waals surface area contributed by atoms with Gasteiger partial charge in [-0.2, -0.15) is 4.98 Å². The van der Waals surface area contributed by atoms with E-state index < -0.39 is 11.7 Å². The van der Waals surface area contributed by atoms with Gasteiger partial charge in [0.15, 0.2) is 5.82 Å². The highest BCUT2D eigenvalue weighted by molar-refractivity contribution is 5.83. The van der Waals surface area contributed by atoms with Crippen LogP contribution in [0.25, 0.3) is 22.6 Å². The molecule has 1 saturated heterocycles. The van der Waals surface area contributed by atoms with Crippen LogP contribution in [0.4, 0.5) is 4.39 Å². The summed E-state index contributed by atoms with van der Waals surface area (Å²) in [5, 5.41) is 3.02. The van der Waals surface area contributed by atoms with Gasteiger partial charge in [-0.3, -0.25) is 4.79 Å². The largest absolute Gasteiger partial charge is 0.424 e. The Morgan fingerprint density at radius 2 is 1.79 bits per heavy atom. The summed E-state index contributed by atoms with van der Waals surface area (Å²) in [6.07, 6.45) is 2.79. The zero-order chi connectivity index (χ0) is 26.1. The minimum atomic E-state index is -0.813. The van der Waals surface area contributed by atoms with Crippen LogP contribution in [0.5, 0.6) is 11.8 Å². The van der Waals surface area contributed by atoms with Crippen molar-refractivity contribution >= 4 is 5.91 Å². The van der Waals surface area contributed by atoms with Crippen LogP contribution in [0.3, 0.4) is 0 Å². The van der Waals surface area contributed by atoms with Gasteiger partial charge in [-0.1, -0.05) is 18.2 Å². The topological polar surface area (TPSA) is 111 Å². The molecule has 2 aromatic carbocycles. The van der Waals surface area contributed by atoms with Crippen molar-refractivity contribution in [2.75, 3.05) is 13.2 Å². The summed E-state index contributed by atoms with van der Waals surface area (Å²) in [6, 6.07) is 17.4. The van der Waals surface area contributed by atoms with Crippen LogP contribution >= 0.6 is 0 Å². The van der Waals surface area contributed by atoms with E-state index in [0.29, 0.717) is 34.2 Å². The highest BCUT2D eigenvalue weighted by atomic mass is 19.1. The molecule has 0 radical (unpaired) electrons. The number of carbonyl (C=O) groups is 1. The Labute approximate surface area is 218 Å². The second-order valence-corrected chi connectivity index (χ2v) is 9.75. The molecule has 0 bridgehead atoms. The molecule has 4 aromatic rings. The molecular weight excluding hydrogens is 489 g/mol. The van der Waals surface area contributed by atoms with Crippen molar-refractivity contribution in [1.29, 1.82) is 0 Å². The van der Waals surface area contributed by atoms with Crippen LogP contribution in [0.2, 0.25) is 0 Å². The second kappa shape index (κ2) is 9.96. The molecule has 1 saturated carbocycles. The Bertz CT molecular complexity index is 1430. The number of hydrogen-bond donors (Lipinski definition) is 2. The number of para-hydroxylation sites is 1. The molecule has 1 amide bonds. The first-order valence-corrected chi connectivity index (χ1v) is 12.4. The number of benzene rings is 2. The summed E-state index contributed by atoms with van der Waals surface area (Å²) < 4.78 is 31.4. The number of ether oxygens (including phenoxy) is 3. The van der Waals surface area contributed by atoms with E-state index in [9.17, 15) is 9.18 Å². The number of rotatable bonds is 7. The van der Waals surface area contributed by atoms with Gasteiger partial charge >= 0.3 is 6.01 Å². The van der Waals surface area contributed by atoms with E-state index in [-0.39, 0.29) is 37.0 Å². The number of carbonyl (C=O) groups excluding carboxylic acids is 1. The first-order valence-electron chi connectivity index (χ1n) is 12.4. The maximum absolute atomic E-state index is 13.7. The van der Waals surface area contributed by atoms with E-state index in [4.69, 9.17) is 19.2 Å². The molecule has 0 spiro atoms. The molecule has 2 fully saturated rings. The number of hydrogen-bond acceptors (Lipinski definition) is 7. The van der Waals surface area contributed by atoms with Gasteiger partial charge in [-0.15, -0.1) is 0 Å². The Balaban J connectivity index is 1.29. The Morgan fingerprint density at radius 3 is 2.50 bits per heavy atom. The monoisotopic (exact) mass is 515 g/mol. The van der Waals surface area contributed by atoms with Crippen molar-refractivity contribution in [3.05, 3.63) is 78.5 Å². The van der Waals surface area contributed by atoms with Crippen LogP contribution in [0.1, 0.15) is 31.9 Å². The second-order valence-electron chi connectivity index (χ2n) is 9.75. The summed E-state index contributed by atoms with van der Waals surface area (Å²) in [4.78, 5) is 29.5. The third-order valence-corrected chi connectivity index (χ3v) is 6.47. The molecule has 9 nitrogen and oxygen atoms in total. The van der Waals surface area contributed by atoms with E-state index in [1.165, 1.54) is 12.1 Å². The molecular formula is C28H26FN5O4. The summed E-state index contributed by atoms with van der Waals surface area (Å²) in [5.41, 5.74) is 1.52. The molecule has 0 unspecified atom stereocenters. The van der Waals surface area contributed by atoms with Crippen LogP contribution in [-0.2, 0) is 14.3 Å². The summed E-state index contributed by atoms with van der Waals surface area (Å²) in [5.74, 6) is 0.589. The van der Waals surface area contributed by atoms with Gasteiger partial charge in [0.05, 0.1) is 35.7 Å². The smallest absolute Gasteiger partial charge is 0.322 e. The van der Waals surface area contributed by atoms with E-state index in [1.54, 1.807) is 24.4 Å². The quantitative estimate of drug-likeness (QED) is 0.364. The van der Waals surface area contributed by atoms with E-state index >= 15 is 0 Å². The van der Waals surface area contributed by atoms with Crippen LogP contribution in [0, 0.1) is 11.2 Å². The van der Waals surface area contributed by atoms with Gasteiger partial charge in [-0.05, 0) is 62.2 Å². The summed E-state index contributed by atoms with van der Waals surface area (Å²) >= 11 is 0. The average Bonchev–Trinajstić information content (AvgIpc) is 3.64. The predicted octanol–water partition coefficient (Wildman–Crippen LogP) is 4.80. The number of imidazole rings is 1. The first-order chi connectivity index (χ1) is 18.5. The molecule has 0 atom stereocenters. The van der Waals surface area contributed by atoms with Crippen molar-refractivity contribution < 1.29 is 23.4 Å². The third kappa shape index (κ3) is 5.13. The number of nitrogens with one attached hydrogen (secondary N) is 2. The molecule has 6 rings (SSSR count). The van der Waals surface area contributed by atoms with Crippen LogP contribution in [0.15, 0.2) is 66.9 Å². The maximum Gasteiger partial charge on any atom is 0.322 e. The number of amides is 1. The molecule has 1 aliphatic carbocycles. The molecule has 2 N–H and O–H groups in total. The predicted molar refractivity (Wildman–Crippen MR) is 135 cm³/mol. The lowest BCUT2D eigenvalue weighted by Crippen LogP contribution is -2.49. The zero-order valence-corrected chi connectivity index (χ0v) is 20.7. The molecule has 2 aromatic heterocycles. The fraction of sp³-hybridized carbons (Fsp3) is 0.286. The number of halogens is 1. The lowest BCUT2D eigenvalue weighted by molar-refractivity contribution is -0.231. The molecule has 3 heterocycles. The summed E-state index contributed by atoms with van der Waals surface area (Å²) in [6.45, 7) is 2.19.